The lowest BCUT2D eigenvalue weighted by Crippen LogP contribution is -2.34. The van der Waals surface area contributed by atoms with Gasteiger partial charge in [0.15, 0.2) is 0 Å². The Labute approximate surface area is 148 Å². The van der Waals surface area contributed by atoms with E-state index in [9.17, 15) is 22.8 Å². The number of amides is 2. The van der Waals surface area contributed by atoms with Gasteiger partial charge < -0.3 is 15.4 Å². The van der Waals surface area contributed by atoms with E-state index in [1.165, 1.54) is 19.2 Å². The number of rotatable bonds is 5. The van der Waals surface area contributed by atoms with Crippen LogP contribution in [0.5, 0.6) is 0 Å². The predicted octanol–water partition coefficient (Wildman–Crippen LogP) is 3.49. The number of nitrogens with one attached hydrogen (secondary N) is 2. The van der Waals surface area contributed by atoms with Crippen LogP contribution in [-0.4, -0.2) is 19.1 Å². The molecule has 2 amide bonds. The van der Waals surface area contributed by atoms with Crippen molar-refractivity contribution in [2.45, 2.75) is 19.3 Å². The molecule has 0 atom stereocenters. The highest BCUT2D eigenvalue weighted by atomic mass is 19.4. The Morgan fingerprint density at radius 2 is 1.58 bits per heavy atom. The summed E-state index contributed by atoms with van der Waals surface area (Å²) in [7, 11) is 1.28. The highest BCUT2D eigenvalue weighted by Gasteiger charge is 2.30. The summed E-state index contributed by atoms with van der Waals surface area (Å²) in [5.41, 5.74) is 0.734. The maximum Gasteiger partial charge on any atom is 0.416 e. The van der Waals surface area contributed by atoms with Gasteiger partial charge >= 0.3 is 18.2 Å². The number of esters is 1. The van der Waals surface area contributed by atoms with E-state index in [2.05, 4.69) is 15.4 Å². The lowest BCUT2D eigenvalue weighted by atomic mass is 10.1. The van der Waals surface area contributed by atoms with Gasteiger partial charge in [0.1, 0.15) is 0 Å². The van der Waals surface area contributed by atoms with Crippen LogP contribution in [0.15, 0.2) is 48.5 Å². The van der Waals surface area contributed by atoms with Gasteiger partial charge in [0.25, 0.3) is 0 Å². The zero-order valence-corrected chi connectivity index (χ0v) is 13.9. The lowest BCUT2D eigenvalue weighted by molar-refractivity contribution is -0.137. The molecule has 0 heterocycles. The Morgan fingerprint density at radius 3 is 2.15 bits per heavy atom. The fraction of sp³-hybridized carbons (Fsp3) is 0.222. The van der Waals surface area contributed by atoms with E-state index in [0.29, 0.717) is 11.1 Å². The van der Waals surface area contributed by atoms with E-state index in [-0.39, 0.29) is 13.1 Å². The third-order valence-corrected chi connectivity index (χ3v) is 3.54. The molecule has 0 aromatic heterocycles. The molecule has 0 fully saturated rings. The van der Waals surface area contributed by atoms with Gasteiger partial charge in [-0.2, -0.15) is 13.2 Å². The van der Waals surface area contributed by atoms with Gasteiger partial charge in [0.05, 0.1) is 18.2 Å². The zero-order chi connectivity index (χ0) is 19.2. The maximum absolute atomic E-state index is 12.6. The van der Waals surface area contributed by atoms with Crippen molar-refractivity contribution in [1.82, 2.24) is 10.6 Å². The molecule has 2 aromatic rings. The van der Waals surface area contributed by atoms with Crippen LogP contribution in [0.3, 0.4) is 0 Å². The summed E-state index contributed by atoms with van der Waals surface area (Å²) >= 11 is 0. The molecule has 0 bridgehead atoms. The number of urea groups is 1. The average molecular weight is 366 g/mol. The molecule has 0 saturated heterocycles. The quantitative estimate of drug-likeness (QED) is 0.796. The monoisotopic (exact) mass is 366 g/mol. The van der Waals surface area contributed by atoms with Gasteiger partial charge in [-0.25, -0.2) is 9.59 Å². The molecule has 26 heavy (non-hydrogen) atoms. The van der Waals surface area contributed by atoms with E-state index in [0.717, 1.165) is 17.7 Å². The number of hydrogen-bond donors (Lipinski definition) is 2. The van der Waals surface area contributed by atoms with Crippen molar-refractivity contribution < 1.29 is 27.5 Å². The second-order valence-electron chi connectivity index (χ2n) is 5.42. The predicted molar refractivity (Wildman–Crippen MR) is 88.3 cm³/mol. The molecule has 0 aliphatic carbocycles. The number of benzene rings is 2. The van der Waals surface area contributed by atoms with Crippen LogP contribution < -0.4 is 10.6 Å². The molecule has 0 radical (unpaired) electrons. The molecule has 0 spiro atoms. The van der Waals surface area contributed by atoms with Crippen molar-refractivity contribution in [2.24, 2.45) is 0 Å². The Hall–Kier alpha value is -3.03. The van der Waals surface area contributed by atoms with E-state index in [4.69, 9.17) is 0 Å². The fourth-order valence-electron chi connectivity index (χ4n) is 2.16. The minimum absolute atomic E-state index is 0.0307. The second-order valence-corrected chi connectivity index (χ2v) is 5.42. The van der Waals surface area contributed by atoms with Gasteiger partial charge in [0.2, 0.25) is 0 Å². The van der Waals surface area contributed by atoms with E-state index in [1.807, 2.05) is 0 Å². The van der Waals surface area contributed by atoms with Crippen molar-refractivity contribution in [1.29, 1.82) is 0 Å². The van der Waals surface area contributed by atoms with Gasteiger partial charge in [-0.1, -0.05) is 24.3 Å². The zero-order valence-electron chi connectivity index (χ0n) is 13.9. The third-order valence-electron chi connectivity index (χ3n) is 3.54. The van der Waals surface area contributed by atoms with Crippen molar-refractivity contribution in [3.8, 4) is 0 Å². The van der Waals surface area contributed by atoms with Gasteiger partial charge in [0, 0.05) is 13.1 Å². The number of hydrogen-bond acceptors (Lipinski definition) is 3. The summed E-state index contributed by atoms with van der Waals surface area (Å²) in [6.45, 7) is 0.174. The molecule has 138 valence electrons. The molecule has 0 saturated carbocycles. The van der Waals surface area contributed by atoms with Crippen LogP contribution in [0.4, 0.5) is 18.0 Å². The first-order valence-electron chi connectivity index (χ1n) is 7.64. The van der Waals surface area contributed by atoms with Crippen molar-refractivity contribution in [3.63, 3.8) is 0 Å². The highest BCUT2D eigenvalue weighted by molar-refractivity contribution is 5.89. The minimum Gasteiger partial charge on any atom is -0.465 e. The SMILES string of the molecule is COC(=O)c1ccc(CNC(=O)NCc2cccc(C(F)(F)F)c2)cc1. The first kappa shape index (κ1) is 19.3. The Kier molecular flexibility index (Phi) is 6.21. The van der Waals surface area contributed by atoms with Crippen LogP contribution in [0.25, 0.3) is 0 Å². The Morgan fingerprint density at radius 1 is 0.962 bits per heavy atom. The van der Waals surface area contributed by atoms with Crippen LogP contribution in [0.1, 0.15) is 27.0 Å². The number of carbonyl (C=O) groups is 2. The van der Waals surface area contributed by atoms with E-state index in [1.54, 1.807) is 24.3 Å². The number of carbonyl (C=O) groups excluding carboxylic acids is 2. The van der Waals surface area contributed by atoms with Crippen LogP contribution in [0.2, 0.25) is 0 Å². The molecule has 0 aliphatic rings. The molecule has 8 heteroatoms. The molecule has 2 rings (SSSR count). The molecule has 2 N–H and O–H groups in total. The normalized spacial score (nSPS) is 10.9. The second kappa shape index (κ2) is 8.37. The Balaban J connectivity index is 1.83. The van der Waals surface area contributed by atoms with E-state index >= 15 is 0 Å². The van der Waals surface area contributed by atoms with Gasteiger partial charge in [-0.05, 0) is 35.4 Å². The number of halogens is 3. The number of ether oxygens (including phenoxy) is 1. The van der Waals surface area contributed by atoms with Crippen LogP contribution in [-0.2, 0) is 24.0 Å². The molecule has 2 aromatic carbocycles. The first-order chi connectivity index (χ1) is 12.3. The molecule has 0 unspecified atom stereocenters. The maximum atomic E-state index is 12.6. The number of alkyl halides is 3. The molecular weight excluding hydrogens is 349 g/mol. The minimum atomic E-state index is -4.42. The molecule has 0 aliphatic heterocycles. The third kappa shape index (κ3) is 5.51. The lowest BCUT2D eigenvalue weighted by Gasteiger charge is -2.10. The first-order valence-corrected chi connectivity index (χ1v) is 7.64. The fourth-order valence-corrected chi connectivity index (χ4v) is 2.16. The van der Waals surface area contributed by atoms with Crippen molar-refractivity contribution in [3.05, 3.63) is 70.8 Å². The van der Waals surface area contributed by atoms with Crippen LogP contribution >= 0.6 is 0 Å². The summed E-state index contributed by atoms with van der Waals surface area (Å²) in [5, 5.41) is 5.08. The van der Waals surface area contributed by atoms with Gasteiger partial charge in [-0.3, -0.25) is 0 Å². The number of methoxy groups -OCH3 is 1. The highest BCUT2D eigenvalue weighted by Crippen LogP contribution is 2.29. The summed E-state index contributed by atoms with van der Waals surface area (Å²) in [5.74, 6) is -0.455. The van der Waals surface area contributed by atoms with Crippen LogP contribution in [0, 0.1) is 0 Å². The average Bonchev–Trinajstić information content (AvgIpc) is 2.64. The molecular formula is C18H17F3N2O3. The standard InChI is InChI=1S/C18H17F3N2O3/c1-26-16(24)14-7-5-12(6-8-14)10-22-17(25)23-11-13-3-2-4-15(9-13)18(19,20)21/h2-9H,10-11H2,1H3,(H2,22,23,25). The van der Waals surface area contributed by atoms with Crippen molar-refractivity contribution >= 4 is 12.0 Å². The summed E-state index contributed by atoms with van der Waals surface area (Å²) in [6, 6.07) is 10.7. The van der Waals surface area contributed by atoms with Gasteiger partial charge in [-0.15, -0.1) is 0 Å². The summed E-state index contributed by atoms with van der Waals surface area (Å²) < 4.78 is 42.5. The topological polar surface area (TPSA) is 67.4 Å². The van der Waals surface area contributed by atoms with Crippen molar-refractivity contribution in [2.75, 3.05) is 7.11 Å². The molecule has 5 nitrogen and oxygen atoms in total. The summed E-state index contributed by atoms with van der Waals surface area (Å²) in [4.78, 5) is 23.1. The Bertz CT molecular complexity index is 774. The van der Waals surface area contributed by atoms with E-state index < -0.39 is 23.7 Å². The summed E-state index contributed by atoms with van der Waals surface area (Å²) in [6.07, 6.45) is -4.42. The smallest absolute Gasteiger partial charge is 0.416 e. The largest absolute Gasteiger partial charge is 0.465 e.